The maximum atomic E-state index is 14.2. The van der Waals surface area contributed by atoms with Gasteiger partial charge in [0.05, 0.1) is 5.69 Å². The van der Waals surface area contributed by atoms with E-state index in [0.717, 1.165) is 95.0 Å². The molecule has 1 N–H and O–H groups in total. The molecule has 4 aliphatic rings. The molecule has 5 rings (SSSR count). The highest BCUT2D eigenvalue weighted by Crippen LogP contribution is 2.48. The first kappa shape index (κ1) is 27.4. The number of carboxylic acids is 1. The molecule has 6 nitrogen and oxygen atoms in total. The summed E-state index contributed by atoms with van der Waals surface area (Å²) in [5.41, 5.74) is 1.86. The standard InChI is InChI=1S/C31H44N2O4S/c1-3-17-32-20-31(19-27(32)34)15-13-24(14-16-31)33(29(35)23-11-9-21(2)10-12-23)25-18-26(38-28(25)30(36)37)22-7-5-4-6-8-22/h7,18,21,23-24H,3-6,8-17,19-20H2,1-2H3,(H,36,37). The first-order chi connectivity index (χ1) is 18.3. The van der Waals surface area contributed by atoms with E-state index in [1.54, 1.807) is 0 Å². The van der Waals surface area contributed by atoms with Crippen LogP contribution in [-0.2, 0) is 9.59 Å². The Labute approximate surface area is 231 Å². The minimum atomic E-state index is -0.938. The van der Waals surface area contributed by atoms with Crippen molar-refractivity contribution in [2.75, 3.05) is 18.0 Å². The zero-order chi connectivity index (χ0) is 26.9. The number of likely N-dealkylation sites (tertiary alicyclic amines) is 1. The molecule has 2 heterocycles. The molecule has 38 heavy (non-hydrogen) atoms. The molecular weight excluding hydrogens is 496 g/mol. The van der Waals surface area contributed by atoms with E-state index in [2.05, 4.69) is 19.9 Å². The average molecular weight is 541 g/mol. The monoisotopic (exact) mass is 540 g/mol. The average Bonchev–Trinajstić information content (AvgIpc) is 3.48. The van der Waals surface area contributed by atoms with E-state index in [1.165, 1.54) is 23.3 Å². The molecule has 1 spiro atoms. The predicted molar refractivity (Wildman–Crippen MR) is 153 cm³/mol. The number of anilines is 1. The second-order valence-corrected chi connectivity index (χ2v) is 13.5. The van der Waals surface area contributed by atoms with Crippen molar-refractivity contribution in [1.82, 2.24) is 4.90 Å². The fourth-order valence-corrected chi connectivity index (χ4v) is 8.45. The number of thiophene rings is 1. The first-order valence-corrected chi connectivity index (χ1v) is 15.8. The van der Waals surface area contributed by atoms with Gasteiger partial charge in [0.15, 0.2) is 0 Å². The van der Waals surface area contributed by atoms with Crippen LogP contribution in [0, 0.1) is 17.3 Å². The van der Waals surface area contributed by atoms with Crippen LogP contribution in [0.1, 0.15) is 118 Å². The van der Waals surface area contributed by atoms with Crippen LogP contribution in [-0.4, -0.2) is 46.9 Å². The Morgan fingerprint density at radius 1 is 1.13 bits per heavy atom. The highest BCUT2D eigenvalue weighted by atomic mass is 32.1. The fraction of sp³-hybridized carbons (Fsp3) is 0.710. The molecule has 2 saturated carbocycles. The molecule has 7 heteroatoms. The SMILES string of the molecule is CCCN1CC2(CCC(N(C(=O)C3CCC(C)CC3)c3cc(C4=CCCCC4)sc3C(=O)O)CC2)CC1=O. The van der Waals surface area contributed by atoms with Gasteiger partial charge in [0.2, 0.25) is 11.8 Å². The quantitative estimate of drug-likeness (QED) is 0.399. The van der Waals surface area contributed by atoms with Crippen molar-refractivity contribution >= 4 is 40.4 Å². The Morgan fingerprint density at radius 2 is 1.87 bits per heavy atom. The van der Waals surface area contributed by atoms with E-state index in [1.807, 2.05) is 15.9 Å². The van der Waals surface area contributed by atoms with E-state index in [4.69, 9.17) is 0 Å². The van der Waals surface area contributed by atoms with Crippen molar-refractivity contribution in [2.24, 2.45) is 17.3 Å². The van der Waals surface area contributed by atoms with Gasteiger partial charge in [0.1, 0.15) is 4.88 Å². The van der Waals surface area contributed by atoms with E-state index in [0.29, 0.717) is 22.9 Å². The van der Waals surface area contributed by atoms with E-state index in [9.17, 15) is 19.5 Å². The molecule has 3 aliphatic carbocycles. The van der Waals surface area contributed by atoms with E-state index in [-0.39, 0.29) is 29.2 Å². The zero-order valence-corrected chi connectivity index (χ0v) is 24.0. The first-order valence-electron chi connectivity index (χ1n) is 15.0. The minimum Gasteiger partial charge on any atom is -0.477 e. The van der Waals surface area contributed by atoms with Crippen molar-refractivity contribution in [3.63, 3.8) is 0 Å². The number of hydrogen-bond acceptors (Lipinski definition) is 4. The normalized spacial score (nSPS) is 29.9. The number of carbonyl (C=O) groups is 3. The number of hydrogen-bond donors (Lipinski definition) is 1. The number of rotatable bonds is 7. The Kier molecular flexibility index (Phi) is 8.32. The smallest absolute Gasteiger partial charge is 0.348 e. The Bertz CT molecular complexity index is 1080. The molecule has 0 radical (unpaired) electrons. The summed E-state index contributed by atoms with van der Waals surface area (Å²) in [5.74, 6) is 0.0673. The number of amides is 2. The number of nitrogens with zero attached hydrogens (tertiary/aromatic N) is 2. The molecule has 1 aromatic rings. The maximum absolute atomic E-state index is 14.2. The summed E-state index contributed by atoms with van der Waals surface area (Å²) >= 11 is 1.34. The number of allylic oxidation sites excluding steroid dienone is 2. The van der Waals surface area contributed by atoms with Crippen LogP contribution >= 0.6 is 11.3 Å². The maximum Gasteiger partial charge on any atom is 0.348 e. The Hall–Kier alpha value is -2.15. The van der Waals surface area contributed by atoms with Crippen LogP contribution in [0.5, 0.6) is 0 Å². The van der Waals surface area contributed by atoms with Crippen LogP contribution < -0.4 is 4.90 Å². The summed E-state index contributed by atoms with van der Waals surface area (Å²) in [5, 5.41) is 10.2. The minimum absolute atomic E-state index is 0.0105. The molecule has 3 fully saturated rings. The second kappa shape index (κ2) is 11.5. The van der Waals surface area contributed by atoms with Crippen LogP contribution in [0.15, 0.2) is 12.1 Å². The lowest BCUT2D eigenvalue weighted by atomic mass is 9.71. The van der Waals surface area contributed by atoms with Gasteiger partial charge in [-0.15, -0.1) is 11.3 Å². The van der Waals surface area contributed by atoms with Crippen molar-refractivity contribution < 1.29 is 19.5 Å². The predicted octanol–water partition coefficient (Wildman–Crippen LogP) is 7.13. The second-order valence-electron chi connectivity index (χ2n) is 12.5. The molecular formula is C31H44N2O4S. The molecule has 1 aromatic heterocycles. The summed E-state index contributed by atoms with van der Waals surface area (Å²) in [6, 6.07) is 2.00. The molecule has 0 atom stereocenters. The van der Waals surface area contributed by atoms with Crippen molar-refractivity contribution in [2.45, 2.75) is 110 Å². The molecule has 1 aliphatic heterocycles. The summed E-state index contributed by atoms with van der Waals surface area (Å²) < 4.78 is 0. The summed E-state index contributed by atoms with van der Waals surface area (Å²) in [6.45, 7) is 6.03. The summed E-state index contributed by atoms with van der Waals surface area (Å²) in [6.07, 6.45) is 15.5. The van der Waals surface area contributed by atoms with Gasteiger partial charge in [-0.3, -0.25) is 9.59 Å². The van der Waals surface area contributed by atoms with Crippen molar-refractivity contribution in [3.05, 3.63) is 21.9 Å². The lowest BCUT2D eigenvalue weighted by molar-refractivity contribution is -0.128. The van der Waals surface area contributed by atoms with Gasteiger partial charge >= 0.3 is 5.97 Å². The highest BCUT2D eigenvalue weighted by Gasteiger charge is 2.47. The van der Waals surface area contributed by atoms with Crippen LogP contribution in [0.25, 0.3) is 5.57 Å². The molecule has 0 bridgehead atoms. The lowest BCUT2D eigenvalue weighted by Crippen LogP contribution is -2.48. The Morgan fingerprint density at radius 3 is 2.50 bits per heavy atom. The molecule has 2 amide bonds. The zero-order valence-electron chi connectivity index (χ0n) is 23.2. The van der Waals surface area contributed by atoms with E-state index < -0.39 is 5.97 Å². The topological polar surface area (TPSA) is 77.9 Å². The number of aromatic carboxylic acids is 1. The van der Waals surface area contributed by atoms with Gasteiger partial charge in [0.25, 0.3) is 0 Å². The number of carboxylic acid groups (broad SMARTS) is 1. The van der Waals surface area contributed by atoms with E-state index >= 15 is 0 Å². The molecule has 0 aromatic carbocycles. The summed E-state index contributed by atoms with van der Waals surface area (Å²) in [4.78, 5) is 44.7. The molecule has 1 saturated heterocycles. The van der Waals surface area contributed by atoms with Crippen LogP contribution in [0.2, 0.25) is 0 Å². The largest absolute Gasteiger partial charge is 0.477 e. The Balaban J connectivity index is 1.44. The van der Waals surface area contributed by atoms with Crippen LogP contribution in [0.4, 0.5) is 5.69 Å². The van der Waals surface area contributed by atoms with Gasteiger partial charge < -0.3 is 14.9 Å². The third-order valence-electron chi connectivity index (χ3n) is 9.66. The lowest BCUT2D eigenvalue weighted by Gasteiger charge is -2.42. The summed E-state index contributed by atoms with van der Waals surface area (Å²) in [7, 11) is 0. The van der Waals surface area contributed by atoms with Gasteiger partial charge in [-0.05, 0) is 106 Å². The highest BCUT2D eigenvalue weighted by molar-refractivity contribution is 7.15. The van der Waals surface area contributed by atoms with Gasteiger partial charge in [-0.1, -0.05) is 19.9 Å². The fourth-order valence-electron chi connectivity index (χ4n) is 7.40. The van der Waals surface area contributed by atoms with Crippen molar-refractivity contribution in [1.29, 1.82) is 0 Å². The van der Waals surface area contributed by atoms with Gasteiger partial charge in [-0.2, -0.15) is 0 Å². The van der Waals surface area contributed by atoms with Crippen LogP contribution in [0.3, 0.4) is 0 Å². The third kappa shape index (κ3) is 5.59. The van der Waals surface area contributed by atoms with Crippen molar-refractivity contribution in [3.8, 4) is 0 Å². The third-order valence-corrected chi connectivity index (χ3v) is 10.8. The molecule has 0 unspecified atom stereocenters. The number of carbonyl (C=O) groups excluding carboxylic acids is 2. The van der Waals surface area contributed by atoms with Gasteiger partial charge in [-0.25, -0.2) is 4.79 Å². The molecule has 208 valence electrons. The van der Waals surface area contributed by atoms with Gasteiger partial charge in [0, 0.05) is 36.3 Å².